The lowest BCUT2D eigenvalue weighted by Gasteiger charge is -2.25. The summed E-state index contributed by atoms with van der Waals surface area (Å²) in [6, 6.07) is 16.2. The van der Waals surface area contributed by atoms with Crippen LogP contribution in [0.25, 0.3) is 0 Å². The monoisotopic (exact) mass is 353 g/mol. The van der Waals surface area contributed by atoms with E-state index in [2.05, 4.69) is 43.4 Å². The smallest absolute Gasteiger partial charge is 0.330 e. The second-order valence-electron chi connectivity index (χ2n) is 6.23. The molecule has 0 aliphatic rings. The molecule has 138 valence electrons. The van der Waals surface area contributed by atoms with Crippen LogP contribution in [-0.2, 0) is 9.53 Å². The van der Waals surface area contributed by atoms with Crippen molar-refractivity contribution in [2.24, 2.45) is 5.92 Å². The topological polar surface area (TPSA) is 47.6 Å². The molecule has 0 heterocycles. The molecule has 0 aromatic heterocycles. The van der Waals surface area contributed by atoms with Crippen LogP contribution in [0.1, 0.15) is 31.0 Å². The van der Waals surface area contributed by atoms with Gasteiger partial charge in [-0.25, -0.2) is 4.79 Å². The predicted molar refractivity (Wildman–Crippen MR) is 105 cm³/mol. The average Bonchev–Trinajstić information content (AvgIpc) is 2.65. The molecule has 2 aromatic rings. The van der Waals surface area contributed by atoms with Crippen LogP contribution in [0.4, 0.5) is 5.69 Å². The van der Waals surface area contributed by atoms with Gasteiger partial charge in [0.05, 0.1) is 19.8 Å². The molecular weight excluding hydrogens is 326 g/mol. The summed E-state index contributed by atoms with van der Waals surface area (Å²) in [5.41, 5.74) is 3.36. The third-order valence-corrected chi connectivity index (χ3v) is 4.16. The van der Waals surface area contributed by atoms with Gasteiger partial charge in [0, 0.05) is 11.8 Å². The van der Waals surface area contributed by atoms with Crippen molar-refractivity contribution < 1.29 is 14.3 Å². The van der Waals surface area contributed by atoms with Crippen molar-refractivity contribution in [1.82, 2.24) is 0 Å². The van der Waals surface area contributed by atoms with Crippen molar-refractivity contribution in [3.8, 4) is 5.75 Å². The number of ether oxygens (including phenoxy) is 2. The van der Waals surface area contributed by atoms with Crippen LogP contribution in [0.15, 0.2) is 60.7 Å². The highest BCUT2D eigenvalue weighted by Crippen LogP contribution is 2.29. The number of hydrogen-bond donors (Lipinski definition) is 1. The van der Waals surface area contributed by atoms with Crippen LogP contribution in [-0.4, -0.2) is 19.7 Å². The number of rotatable bonds is 8. The SMILES string of the molecule is CCOC(=O)/C=C/[C@H](C)[C@H](Nc1ccc(OC)cc1)c1cccc(C)c1. The van der Waals surface area contributed by atoms with Crippen molar-refractivity contribution in [1.29, 1.82) is 0 Å². The molecule has 0 amide bonds. The maximum absolute atomic E-state index is 11.6. The number of carbonyl (C=O) groups excluding carboxylic acids is 1. The number of methoxy groups -OCH3 is 1. The van der Waals surface area contributed by atoms with E-state index in [0.29, 0.717) is 6.61 Å². The van der Waals surface area contributed by atoms with Crippen LogP contribution < -0.4 is 10.1 Å². The van der Waals surface area contributed by atoms with Crippen LogP contribution in [0, 0.1) is 12.8 Å². The standard InChI is InChI=1S/C22H27NO3/c1-5-26-21(24)14-9-17(3)22(18-8-6-7-16(2)15-18)23-19-10-12-20(25-4)13-11-19/h6-15,17,22-23H,5H2,1-4H3/b14-9+/t17-,22-/m0/s1. The third kappa shape index (κ3) is 5.66. The molecule has 0 radical (unpaired) electrons. The van der Waals surface area contributed by atoms with Gasteiger partial charge in [-0.2, -0.15) is 0 Å². The Hall–Kier alpha value is -2.75. The van der Waals surface area contributed by atoms with Gasteiger partial charge in [0.1, 0.15) is 5.75 Å². The molecule has 4 heteroatoms. The Bertz CT molecular complexity index is 737. The van der Waals surface area contributed by atoms with Gasteiger partial charge >= 0.3 is 5.97 Å². The Labute approximate surface area is 155 Å². The van der Waals surface area contributed by atoms with E-state index in [4.69, 9.17) is 9.47 Å². The van der Waals surface area contributed by atoms with Crippen LogP contribution in [0.2, 0.25) is 0 Å². The molecule has 0 aliphatic carbocycles. The first kappa shape index (κ1) is 19.6. The van der Waals surface area contributed by atoms with Gasteiger partial charge in [-0.05, 0) is 49.6 Å². The Morgan fingerprint density at radius 3 is 2.54 bits per heavy atom. The van der Waals surface area contributed by atoms with Gasteiger partial charge < -0.3 is 14.8 Å². The molecule has 26 heavy (non-hydrogen) atoms. The lowest BCUT2D eigenvalue weighted by atomic mass is 9.92. The molecular formula is C22H27NO3. The van der Waals surface area contributed by atoms with Crippen LogP contribution >= 0.6 is 0 Å². The first-order valence-electron chi connectivity index (χ1n) is 8.85. The number of esters is 1. The largest absolute Gasteiger partial charge is 0.497 e. The molecule has 0 saturated heterocycles. The maximum Gasteiger partial charge on any atom is 0.330 e. The van der Waals surface area contributed by atoms with Crippen LogP contribution in [0.5, 0.6) is 5.75 Å². The number of aryl methyl sites for hydroxylation is 1. The Balaban J connectivity index is 2.24. The molecule has 2 aromatic carbocycles. The lowest BCUT2D eigenvalue weighted by molar-refractivity contribution is -0.137. The highest BCUT2D eigenvalue weighted by molar-refractivity contribution is 5.81. The van der Waals surface area contributed by atoms with Gasteiger partial charge in [-0.3, -0.25) is 0 Å². The summed E-state index contributed by atoms with van der Waals surface area (Å²) in [7, 11) is 1.65. The summed E-state index contributed by atoms with van der Waals surface area (Å²) in [5, 5.41) is 3.57. The number of benzene rings is 2. The van der Waals surface area contributed by atoms with Gasteiger partial charge in [-0.1, -0.05) is 42.8 Å². The highest BCUT2D eigenvalue weighted by Gasteiger charge is 2.18. The van der Waals surface area contributed by atoms with Gasteiger partial charge in [0.15, 0.2) is 0 Å². The Kier molecular flexibility index (Phi) is 7.27. The van der Waals surface area contributed by atoms with E-state index in [-0.39, 0.29) is 17.9 Å². The van der Waals surface area contributed by atoms with Gasteiger partial charge in [-0.15, -0.1) is 0 Å². The second kappa shape index (κ2) is 9.66. The van der Waals surface area contributed by atoms with E-state index < -0.39 is 0 Å². The molecule has 2 atom stereocenters. The van der Waals surface area contributed by atoms with Gasteiger partial charge in [0.25, 0.3) is 0 Å². The van der Waals surface area contributed by atoms with Crippen molar-refractivity contribution in [3.05, 3.63) is 71.8 Å². The summed E-state index contributed by atoms with van der Waals surface area (Å²) in [5.74, 6) is 0.591. The van der Waals surface area contributed by atoms with Crippen LogP contribution in [0.3, 0.4) is 0 Å². The number of anilines is 1. The van der Waals surface area contributed by atoms with E-state index in [1.165, 1.54) is 17.2 Å². The normalized spacial score (nSPS) is 13.2. The summed E-state index contributed by atoms with van der Waals surface area (Å²) < 4.78 is 10.2. The minimum absolute atomic E-state index is 0.0222. The van der Waals surface area contributed by atoms with Crippen molar-refractivity contribution in [2.75, 3.05) is 19.0 Å². The molecule has 2 rings (SSSR count). The summed E-state index contributed by atoms with van der Waals surface area (Å²) in [4.78, 5) is 11.6. The number of carbonyl (C=O) groups is 1. The van der Waals surface area contributed by atoms with E-state index in [1.807, 2.05) is 30.3 Å². The quantitative estimate of drug-likeness (QED) is 0.541. The average molecular weight is 353 g/mol. The molecule has 1 N–H and O–H groups in total. The van der Waals surface area contributed by atoms with E-state index in [9.17, 15) is 4.79 Å². The Morgan fingerprint density at radius 2 is 1.92 bits per heavy atom. The first-order chi connectivity index (χ1) is 12.5. The zero-order valence-electron chi connectivity index (χ0n) is 15.9. The predicted octanol–water partition coefficient (Wildman–Crippen LogP) is 4.91. The summed E-state index contributed by atoms with van der Waals surface area (Å²) in [6.07, 6.45) is 3.40. The highest BCUT2D eigenvalue weighted by atomic mass is 16.5. The summed E-state index contributed by atoms with van der Waals surface area (Å²) in [6.45, 7) is 6.34. The number of hydrogen-bond acceptors (Lipinski definition) is 4. The van der Waals surface area contributed by atoms with Crippen molar-refractivity contribution >= 4 is 11.7 Å². The molecule has 0 fully saturated rings. The lowest BCUT2D eigenvalue weighted by Crippen LogP contribution is -2.18. The minimum atomic E-state index is -0.313. The maximum atomic E-state index is 11.6. The fourth-order valence-corrected chi connectivity index (χ4v) is 2.78. The van der Waals surface area contributed by atoms with Crippen molar-refractivity contribution in [3.63, 3.8) is 0 Å². The van der Waals surface area contributed by atoms with E-state index in [1.54, 1.807) is 14.0 Å². The fourth-order valence-electron chi connectivity index (χ4n) is 2.78. The zero-order chi connectivity index (χ0) is 18.9. The molecule has 0 aliphatic heterocycles. The fraction of sp³-hybridized carbons (Fsp3) is 0.318. The molecule has 0 saturated carbocycles. The van der Waals surface area contributed by atoms with E-state index >= 15 is 0 Å². The van der Waals surface area contributed by atoms with E-state index in [0.717, 1.165) is 11.4 Å². The second-order valence-corrected chi connectivity index (χ2v) is 6.23. The summed E-state index contributed by atoms with van der Waals surface area (Å²) >= 11 is 0. The molecule has 0 unspecified atom stereocenters. The third-order valence-electron chi connectivity index (χ3n) is 4.16. The molecule has 0 bridgehead atoms. The number of nitrogens with one attached hydrogen (secondary N) is 1. The molecule has 4 nitrogen and oxygen atoms in total. The zero-order valence-corrected chi connectivity index (χ0v) is 15.9. The Morgan fingerprint density at radius 1 is 1.19 bits per heavy atom. The molecule has 0 spiro atoms. The van der Waals surface area contributed by atoms with Crippen molar-refractivity contribution in [2.45, 2.75) is 26.8 Å². The van der Waals surface area contributed by atoms with Gasteiger partial charge in [0.2, 0.25) is 0 Å². The first-order valence-corrected chi connectivity index (χ1v) is 8.85. The minimum Gasteiger partial charge on any atom is -0.497 e.